The highest BCUT2D eigenvalue weighted by atomic mass is 32.1. The number of nitrogens with one attached hydrogen (secondary N) is 1. The Morgan fingerprint density at radius 3 is 2.28 bits per heavy atom. The zero-order valence-corrected chi connectivity index (χ0v) is 23.6. The van der Waals surface area contributed by atoms with Gasteiger partial charge in [-0.2, -0.15) is 0 Å². The van der Waals surface area contributed by atoms with Gasteiger partial charge in [0.25, 0.3) is 0 Å². The SMILES string of the molecule is CCc1ccc(-n2c(C)cc([C@@H]3[C@H](c4ccccn4)NC(=S)N3c3ccc(N4CCOCC4)cc3)c2C)cc1. The third kappa shape index (κ3) is 4.81. The Morgan fingerprint density at radius 1 is 0.923 bits per heavy atom. The van der Waals surface area contributed by atoms with Crippen molar-refractivity contribution in [1.29, 1.82) is 0 Å². The molecule has 2 atom stereocenters. The maximum absolute atomic E-state index is 5.99. The van der Waals surface area contributed by atoms with Crippen LogP contribution in [-0.2, 0) is 11.2 Å². The Labute approximate surface area is 236 Å². The molecule has 2 aromatic heterocycles. The van der Waals surface area contributed by atoms with Crippen LogP contribution < -0.4 is 15.1 Å². The summed E-state index contributed by atoms with van der Waals surface area (Å²) in [6.07, 6.45) is 2.89. The van der Waals surface area contributed by atoms with Gasteiger partial charge in [0.05, 0.1) is 31.0 Å². The molecule has 0 spiro atoms. The van der Waals surface area contributed by atoms with Gasteiger partial charge in [0.15, 0.2) is 5.11 Å². The van der Waals surface area contributed by atoms with Gasteiger partial charge in [0.2, 0.25) is 0 Å². The van der Waals surface area contributed by atoms with Gasteiger partial charge < -0.3 is 24.4 Å². The first-order chi connectivity index (χ1) is 19.0. The number of ether oxygens (including phenoxy) is 1. The van der Waals surface area contributed by atoms with E-state index in [1.54, 1.807) is 0 Å². The van der Waals surface area contributed by atoms with Crippen LogP contribution in [0.5, 0.6) is 0 Å². The van der Waals surface area contributed by atoms with E-state index in [-0.39, 0.29) is 12.1 Å². The lowest BCUT2D eigenvalue weighted by Gasteiger charge is -2.31. The number of rotatable bonds is 6. The first kappa shape index (κ1) is 25.6. The molecular weight excluding hydrogens is 502 g/mol. The molecule has 0 unspecified atom stereocenters. The van der Waals surface area contributed by atoms with Crippen molar-refractivity contribution in [2.24, 2.45) is 0 Å². The summed E-state index contributed by atoms with van der Waals surface area (Å²) in [7, 11) is 0. The number of hydrogen-bond acceptors (Lipinski definition) is 4. The van der Waals surface area contributed by atoms with Crippen molar-refractivity contribution in [1.82, 2.24) is 14.9 Å². The van der Waals surface area contributed by atoms with E-state index in [0.717, 1.165) is 44.1 Å². The molecule has 6 rings (SSSR count). The minimum Gasteiger partial charge on any atom is -0.378 e. The normalized spacial score (nSPS) is 19.4. The van der Waals surface area contributed by atoms with E-state index in [2.05, 4.69) is 101 Å². The lowest BCUT2D eigenvalue weighted by atomic mass is 9.96. The highest BCUT2D eigenvalue weighted by Gasteiger charge is 2.42. The molecule has 1 N–H and O–H groups in total. The second-order valence-corrected chi connectivity index (χ2v) is 10.7. The standard InChI is InChI=1S/C32H35N5OS/c1-4-24-8-10-26(11-9-24)36-22(2)21-28(23(36)3)31-30(29-7-5-6-16-33-29)34-32(39)37(31)27-14-12-25(13-15-27)35-17-19-38-20-18-35/h5-16,21,30-31H,4,17-20H2,1-3H3,(H,34,39)/t30-,31+/m0/s1. The van der Waals surface area contributed by atoms with Crippen molar-refractivity contribution in [3.8, 4) is 5.69 Å². The summed E-state index contributed by atoms with van der Waals surface area (Å²) in [6, 6.07) is 25.9. The second kappa shape index (κ2) is 10.8. The minimum absolute atomic E-state index is 0.0449. The average Bonchev–Trinajstić information content (AvgIpc) is 3.48. The Kier molecular flexibility index (Phi) is 7.11. The molecule has 0 radical (unpaired) electrons. The van der Waals surface area contributed by atoms with Gasteiger partial charge in [-0.05, 0) is 98.2 Å². The van der Waals surface area contributed by atoms with Gasteiger partial charge in [-0.1, -0.05) is 25.1 Å². The van der Waals surface area contributed by atoms with Crippen molar-refractivity contribution in [3.05, 3.63) is 107 Å². The summed E-state index contributed by atoms with van der Waals surface area (Å²) in [4.78, 5) is 9.38. The van der Waals surface area contributed by atoms with Crippen LogP contribution in [0.25, 0.3) is 5.69 Å². The number of aromatic nitrogens is 2. The predicted octanol–water partition coefficient (Wildman–Crippen LogP) is 6.07. The van der Waals surface area contributed by atoms with Gasteiger partial charge in [0, 0.05) is 47.7 Å². The number of benzene rings is 2. The number of morpholine rings is 1. The van der Waals surface area contributed by atoms with Gasteiger partial charge in [-0.15, -0.1) is 0 Å². The molecule has 0 bridgehead atoms. The molecule has 7 heteroatoms. The number of hydrogen-bond donors (Lipinski definition) is 1. The fourth-order valence-electron chi connectivity index (χ4n) is 5.96. The third-order valence-electron chi connectivity index (χ3n) is 7.99. The summed E-state index contributed by atoms with van der Waals surface area (Å²) in [6.45, 7) is 9.96. The summed E-state index contributed by atoms with van der Waals surface area (Å²) in [5.41, 5.74) is 9.45. The zero-order chi connectivity index (χ0) is 26.9. The van der Waals surface area contributed by atoms with E-state index < -0.39 is 0 Å². The van der Waals surface area contributed by atoms with Crippen molar-refractivity contribution in [2.75, 3.05) is 36.1 Å². The largest absolute Gasteiger partial charge is 0.378 e. The van der Waals surface area contributed by atoms with Crippen molar-refractivity contribution < 1.29 is 4.74 Å². The third-order valence-corrected chi connectivity index (χ3v) is 8.31. The first-order valence-electron chi connectivity index (χ1n) is 13.8. The van der Waals surface area contributed by atoms with Crippen LogP contribution in [0.2, 0.25) is 0 Å². The Hall–Kier alpha value is -3.68. The van der Waals surface area contributed by atoms with E-state index in [4.69, 9.17) is 21.9 Å². The van der Waals surface area contributed by atoms with E-state index in [9.17, 15) is 0 Å². The van der Waals surface area contributed by atoms with Crippen LogP contribution in [-0.4, -0.2) is 41.0 Å². The van der Waals surface area contributed by atoms with Crippen LogP contribution in [0.1, 0.15) is 47.2 Å². The fourth-order valence-corrected chi connectivity index (χ4v) is 6.31. The molecular formula is C32H35N5OS. The van der Waals surface area contributed by atoms with E-state index in [0.29, 0.717) is 5.11 Å². The predicted molar refractivity (Wildman–Crippen MR) is 162 cm³/mol. The van der Waals surface area contributed by atoms with Crippen LogP contribution in [0.4, 0.5) is 11.4 Å². The lowest BCUT2D eigenvalue weighted by Crippen LogP contribution is -2.36. The topological polar surface area (TPSA) is 45.6 Å². The average molecular weight is 538 g/mol. The molecule has 2 fully saturated rings. The fraction of sp³-hybridized carbons (Fsp3) is 0.312. The maximum atomic E-state index is 5.99. The molecule has 0 amide bonds. The molecule has 39 heavy (non-hydrogen) atoms. The quantitative estimate of drug-likeness (QED) is 0.302. The summed E-state index contributed by atoms with van der Waals surface area (Å²) in [5.74, 6) is 0. The Bertz CT molecular complexity index is 1440. The van der Waals surface area contributed by atoms with Crippen LogP contribution in [0, 0.1) is 13.8 Å². The molecule has 2 aromatic carbocycles. The van der Waals surface area contributed by atoms with Crippen LogP contribution in [0.15, 0.2) is 79.0 Å². The van der Waals surface area contributed by atoms with Gasteiger partial charge >= 0.3 is 0 Å². The molecule has 0 aliphatic carbocycles. The summed E-state index contributed by atoms with van der Waals surface area (Å²) >= 11 is 5.99. The molecule has 4 aromatic rings. The van der Waals surface area contributed by atoms with E-state index in [1.165, 1.54) is 33.9 Å². The smallest absolute Gasteiger partial charge is 0.174 e. The highest BCUT2D eigenvalue weighted by Crippen LogP contribution is 2.44. The van der Waals surface area contributed by atoms with Gasteiger partial charge in [-0.25, -0.2) is 0 Å². The highest BCUT2D eigenvalue weighted by molar-refractivity contribution is 7.80. The number of aryl methyl sites for hydroxylation is 2. The van der Waals surface area contributed by atoms with Crippen LogP contribution >= 0.6 is 12.2 Å². The molecule has 2 saturated heterocycles. The summed E-state index contributed by atoms with van der Waals surface area (Å²) in [5, 5.41) is 4.33. The maximum Gasteiger partial charge on any atom is 0.174 e. The lowest BCUT2D eigenvalue weighted by molar-refractivity contribution is 0.122. The van der Waals surface area contributed by atoms with E-state index in [1.807, 2.05) is 18.3 Å². The number of nitrogens with zero attached hydrogens (tertiary/aromatic N) is 4. The Balaban J connectivity index is 1.42. The summed E-state index contributed by atoms with van der Waals surface area (Å²) < 4.78 is 7.89. The number of pyridine rings is 1. The number of anilines is 2. The zero-order valence-electron chi connectivity index (χ0n) is 22.8. The van der Waals surface area contributed by atoms with Crippen LogP contribution in [0.3, 0.4) is 0 Å². The van der Waals surface area contributed by atoms with Gasteiger partial charge in [-0.3, -0.25) is 4.98 Å². The molecule has 2 aliphatic rings. The van der Waals surface area contributed by atoms with Crippen molar-refractivity contribution in [2.45, 2.75) is 39.3 Å². The molecule has 2 aliphatic heterocycles. The Morgan fingerprint density at radius 2 is 1.62 bits per heavy atom. The first-order valence-corrected chi connectivity index (χ1v) is 14.2. The van der Waals surface area contributed by atoms with Crippen molar-refractivity contribution in [3.63, 3.8) is 0 Å². The van der Waals surface area contributed by atoms with Gasteiger partial charge in [0.1, 0.15) is 0 Å². The van der Waals surface area contributed by atoms with Crippen molar-refractivity contribution >= 4 is 28.7 Å². The monoisotopic (exact) mass is 537 g/mol. The second-order valence-electron chi connectivity index (χ2n) is 10.3. The molecule has 6 nitrogen and oxygen atoms in total. The molecule has 0 saturated carbocycles. The number of thiocarbonyl (C=S) groups is 1. The van der Waals surface area contributed by atoms with E-state index >= 15 is 0 Å². The molecule has 200 valence electrons. The minimum atomic E-state index is -0.0750. The molecule has 4 heterocycles.